The van der Waals surface area contributed by atoms with E-state index in [0.29, 0.717) is 46.7 Å². The summed E-state index contributed by atoms with van der Waals surface area (Å²) in [5, 5.41) is 12.3. The van der Waals surface area contributed by atoms with Gasteiger partial charge in [-0.1, -0.05) is 0 Å². The number of carbonyl (C=O) groups excluding carboxylic acids is 2. The van der Waals surface area contributed by atoms with Crippen molar-refractivity contribution in [3.05, 3.63) is 78.6 Å². The number of amides is 2. The van der Waals surface area contributed by atoms with Gasteiger partial charge in [0.05, 0.1) is 22.5 Å². The number of fused-ring (bicyclic) bond motifs is 1. The fourth-order valence-electron chi connectivity index (χ4n) is 4.41. The lowest BCUT2D eigenvalue weighted by atomic mass is 10.0. The molecular formula is C28H24FN7O3. The molecule has 10 nitrogen and oxygen atoms in total. The minimum atomic E-state index is -1.14. The molecule has 0 radical (unpaired) electrons. The van der Waals surface area contributed by atoms with Crippen LogP contribution < -0.4 is 15.4 Å². The van der Waals surface area contributed by atoms with E-state index in [1.807, 2.05) is 24.3 Å². The van der Waals surface area contributed by atoms with Gasteiger partial charge in [-0.2, -0.15) is 5.10 Å². The normalized spacial score (nSPS) is 17.2. The van der Waals surface area contributed by atoms with Gasteiger partial charge in [-0.15, -0.1) is 0 Å². The number of benzene rings is 2. The van der Waals surface area contributed by atoms with Gasteiger partial charge in [0.25, 0.3) is 0 Å². The van der Waals surface area contributed by atoms with Gasteiger partial charge < -0.3 is 15.4 Å². The molecule has 2 amide bonds. The fraction of sp³-hybridized carbons (Fsp3) is 0.214. The molecule has 0 spiro atoms. The summed E-state index contributed by atoms with van der Waals surface area (Å²) in [5.41, 5.74) is 1.40. The number of nitrogens with one attached hydrogen (secondary N) is 2. The van der Waals surface area contributed by atoms with Crippen LogP contribution in [-0.4, -0.2) is 51.6 Å². The van der Waals surface area contributed by atoms with Gasteiger partial charge in [-0.25, -0.2) is 14.4 Å². The van der Waals surface area contributed by atoms with Gasteiger partial charge in [-0.3, -0.25) is 19.6 Å². The highest BCUT2D eigenvalue weighted by Crippen LogP contribution is 2.47. The molecule has 3 heterocycles. The number of hydrogen-bond donors (Lipinski definition) is 2. The van der Waals surface area contributed by atoms with E-state index in [0.717, 1.165) is 12.2 Å². The molecule has 39 heavy (non-hydrogen) atoms. The second kappa shape index (κ2) is 9.75. The molecular weight excluding hydrogens is 501 g/mol. The average molecular weight is 526 g/mol. The van der Waals surface area contributed by atoms with E-state index in [-0.39, 0.29) is 5.92 Å². The number of anilines is 2. The van der Waals surface area contributed by atoms with Gasteiger partial charge >= 0.3 is 0 Å². The second-order valence-electron chi connectivity index (χ2n) is 9.64. The van der Waals surface area contributed by atoms with Crippen molar-refractivity contribution in [2.75, 3.05) is 24.2 Å². The zero-order valence-corrected chi connectivity index (χ0v) is 21.0. The van der Waals surface area contributed by atoms with Crippen molar-refractivity contribution in [1.29, 1.82) is 0 Å². The summed E-state index contributed by atoms with van der Waals surface area (Å²) in [4.78, 5) is 38.9. The van der Waals surface area contributed by atoms with Crippen molar-refractivity contribution in [2.24, 2.45) is 10.5 Å². The summed E-state index contributed by atoms with van der Waals surface area (Å²) in [7, 11) is 1.92. The molecule has 2 N–H and O–H groups in total. The molecule has 1 unspecified atom stereocenters. The maximum atomic E-state index is 13.1. The Morgan fingerprint density at radius 2 is 1.64 bits per heavy atom. The predicted octanol–water partition coefficient (Wildman–Crippen LogP) is 4.33. The summed E-state index contributed by atoms with van der Waals surface area (Å²) in [5.74, 6) is -0.227. The minimum absolute atomic E-state index is 0.102. The number of carbonyl (C=O) groups is 2. The Labute approximate surface area is 222 Å². The van der Waals surface area contributed by atoms with Crippen LogP contribution in [0.15, 0.2) is 72.2 Å². The van der Waals surface area contributed by atoms with Gasteiger partial charge in [0, 0.05) is 37.4 Å². The fourth-order valence-corrected chi connectivity index (χ4v) is 4.41. The first-order valence-corrected chi connectivity index (χ1v) is 12.4. The Morgan fingerprint density at radius 3 is 2.26 bits per heavy atom. The Bertz CT molecular complexity index is 1590. The first-order valence-electron chi connectivity index (χ1n) is 12.4. The number of halogens is 1. The van der Waals surface area contributed by atoms with Crippen molar-refractivity contribution >= 4 is 40.3 Å². The number of likely N-dealkylation sites (N-methyl/N-ethyl adjacent to an activating group) is 1. The lowest BCUT2D eigenvalue weighted by Gasteiger charge is -2.16. The van der Waals surface area contributed by atoms with Crippen LogP contribution in [0.2, 0.25) is 0 Å². The maximum Gasteiger partial charge on any atom is 0.240 e. The van der Waals surface area contributed by atoms with Gasteiger partial charge in [0.15, 0.2) is 0 Å². The van der Waals surface area contributed by atoms with E-state index in [1.165, 1.54) is 30.6 Å². The Hall–Kier alpha value is -4.93. The van der Waals surface area contributed by atoms with E-state index < -0.39 is 23.0 Å². The molecule has 1 atom stereocenters. The largest absolute Gasteiger partial charge is 0.438 e. The number of ether oxygens (including phenoxy) is 1. The summed E-state index contributed by atoms with van der Waals surface area (Å²) in [6.07, 6.45) is 5.89. The third-order valence-corrected chi connectivity index (χ3v) is 6.84. The SMILES string of the molecule is CN1CC(c2cc3ncnc(Oc4ccc(NC(=O)C5(C(=O)Nc6ccc(F)cc6)CC5)cc4)c3cn2)C=N1. The molecule has 196 valence electrons. The van der Waals surface area contributed by atoms with Crippen LogP contribution in [-0.2, 0) is 9.59 Å². The number of aromatic nitrogens is 3. The lowest BCUT2D eigenvalue weighted by molar-refractivity contribution is -0.131. The van der Waals surface area contributed by atoms with Crippen LogP contribution >= 0.6 is 0 Å². The molecule has 0 bridgehead atoms. The van der Waals surface area contributed by atoms with Crippen molar-refractivity contribution in [1.82, 2.24) is 20.0 Å². The van der Waals surface area contributed by atoms with Crippen LogP contribution in [0.5, 0.6) is 11.6 Å². The highest BCUT2D eigenvalue weighted by atomic mass is 19.1. The number of rotatable bonds is 7. The molecule has 2 aliphatic rings. The van der Waals surface area contributed by atoms with Crippen molar-refractivity contribution in [3.8, 4) is 11.6 Å². The van der Waals surface area contributed by atoms with E-state index in [1.54, 1.807) is 30.5 Å². The quantitative estimate of drug-likeness (QED) is 0.345. The highest BCUT2D eigenvalue weighted by Gasteiger charge is 2.56. The average Bonchev–Trinajstić information content (AvgIpc) is 3.65. The predicted molar refractivity (Wildman–Crippen MR) is 143 cm³/mol. The van der Waals surface area contributed by atoms with Crippen LogP contribution in [0, 0.1) is 11.2 Å². The topological polar surface area (TPSA) is 122 Å². The van der Waals surface area contributed by atoms with E-state index in [4.69, 9.17) is 4.74 Å². The molecule has 2 aromatic heterocycles. The van der Waals surface area contributed by atoms with Crippen molar-refractivity contribution < 1.29 is 18.7 Å². The lowest BCUT2D eigenvalue weighted by Crippen LogP contribution is -2.35. The Kier molecular flexibility index (Phi) is 6.10. The molecule has 1 fully saturated rings. The van der Waals surface area contributed by atoms with Gasteiger partial charge in [-0.05, 0) is 67.4 Å². The van der Waals surface area contributed by atoms with Crippen LogP contribution in [0.25, 0.3) is 10.9 Å². The molecule has 2 aromatic carbocycles. The van der Waals surface area contributed by atoms with Crippen LogP contribution in [0.4, 0.5) is 15.8 Å². The van der Waals surface area contributed by atoms with E-state index in [9.17, 15) is 14.0 Å². The first kappa shape index (κ1) is 24.4. The number of pyridine rings is 1. The summed E-state index contributed by atoms with van der Waals surface area (Å²) in [6.45, 7) is 0.760. The van der Waals surface area contributed by atoms with Gasteiger partial charge in [0.1, 0.15) is 23.3 Å². The number of hydrazone groups is 1. The highest BCUT2D eigenvalue weighted by molar-refractivity contribution is 6.16. The molecule has 11 heteroatoms. The van der Waals surface area contributed by atoms with Crippen molar-refractivity contribution in [3.63, 3.8) is 0 Å². The summed E-state index contributed by atoms with van der Waals surface area (Å²) in [6, 6.07) is 14.1. The monoisotopic (exact) mass is 525 g/mol. The summed E-state index contributed by atoms with van der Waals surface area (Å²) >= 11 is 0. The minimum Gasteiger partial charge on any atom is -0.438 e. The molecule has 0 saturated heterocycles. The zero-order valence-electron chi connectivity index (χ0n) is 21.0. The standard InChI is InChI=1S/C28H24FN7O3/c1-36-15-17(13-33-36)23-12-24-22(14-30-23)25(32-16-31-24)39-21-8-6-20(7-9-21)35-27(38)28(10-11-28)26(37)34-19-4-2-18(29)3-5-19/h2-9,12-14,16-17H,10-11,15H2,1H3,(H,34,37)(H,35,38). The third-order valence-electron chi connectivity index (χ3n) is 6.84. The van der Waals surface area contributed by atoms with Gasteiger partial charge in [0.2, 0.25) is 17.7 Å². The first-order chi connectivity index (χ1) is 18.9. The Balaban J connectivity index is 1.11. The van der Waals surface area contributed by atoms with Crippen molar-refractivity contribution in [2.45, 2.75) is 18.8 Å². The van der Waals surface area contributed by atoms with E-state index >= 15 is 0 Å². The van der Waals surface area contributed by atoms with E-state index in [2.05, 4.69) is 30.7 Å². The molecule has 4 aromatic rings. The third kappa shape index (κ3) is 4.98. The molecule has 1 saturated carbocycles. The molecule has 1 aliphatic heterocycles. The molecule has 6 rings (SSSR count). The Morgan fingerprint density at radius 1 is 0.974 bits per heavy atom. The van der Waals surface area contributed by atoms with Crippen LogP contribution in [0.1, 0.15) is 24.5 Å². The second-order valence-corrected chi connectivity index (χ2v) is 9.64. The summed E-state index contributed by atoms with van der Waals surface area (Å²) < 4.78 is 19.1. The maximum absolute atomic E-state index is 13.1. The zero-order chi connectivity index (χ0) is 27.0. The smallest absolute Gasteiger partial charge is 0.240 e. The number of nitrogens with zero attached hydrogens (tertiary/aromatic N) is 5. The van der Waals surface area contributed by atoms with Crippen LogP contribution in [0.3, 0.4) is 0 Å². The number of hydrogen-bond acceptors (Lipinski definition) is 8. The molecule has 1 aliphatic carbocycles.